The van der Waals surface area contributed by atoms with E-state index in [0.29, 0.717) is 18.2 Å². The van der Waals surface area contributed by atoms with Crippen LogP contribution in [0.5, 0.6) is 5.75 Å². The quantitative estimate of drug-likeness (QED) is 0.591. The smallest absolute Gasteiger partial charge is 0.161 e. The van der Waals surface area contributed by atoms with Crippen LogP contribution in [-0.2, 0) is 6.42 Å². The Morgan fingerprint density at radius 3 is 2.55 bits per heavy atom. The summed E-state index contributed by atoms with van der Waals surface area (Å²) in [4.78, 5) is 0. The molecule has 0 amide bonds. The zero-order valence-electron chi connectivity index (χ0n) is 10.3. The predicted molar refractivity (Wildman–Crippen MR) is 69.7 cm³/mol. The molecule has 0 radical (unpaired) electrons. The third-order valence-corrected chi connectivity index (χ3v) is 3.81. The zero-order valence-corrected chi connectivity index (χ0v) is 11.1. The highest BCUT2D eigenvalue weighted by Crippen LogP contribution is 2.35. The third kappa shape index (κ3) is 2.24. The Morgan fingerprint density at radius 1 is 1.00 bits per heavy atom. The molecule has 1 aliphatic heterocycles. The van der Waals surface area contributed by atoms with E-state index in [1.165, 1.54) is 0 Å². The highest BCUT2D eigenvalue weighted by molar-refractivity contribution is 6.22. The van der Waals surface area contributed by atoms with Gasteiger partial charge in [0.25, 0.3) is 0 Å². The van der Waals surface area contributed by atoms with Crippen molar-refractivity contribution < 1.29 is 17.9 Å². The van der Waals surface area contributed by atoms with Crippen LogP contribution >= 0.6 is 11.6 Å². The summed E-state index contributed by atoms with van der Waals surface area (Å²) in [5, 5.41) is -0.879. The van der Waals surface area contributed by atoms with E-state index >= 15 is 0 Å². The van der Waals surface area contributed by atoms with Crippen molar-refractivity contribution in [1.29, 1.82) is 0 Å². The van der Waals surface area contributed by atoms with E-state index in [-0.39, 0.29) is 5.56 Å². The Balaban J connectivity index is 2.00. The number of halogens is 4. The highest BCUT2D eigenvalue weighted by Gasteiger charge is 2.21. The van der Waals surface area contributed by atoms with Gasteiger partial charge in [0.1, 0.15) is 11.6 Å². The lowest BCUT2D eigenvalue weighted by Crippen LogP contribution is -2.00. The van der Waals surface area contributed by atoms with E-state index in [0.717, 1.165) is 23.8 Å². The van der Waals surface area contributed by atoms with E-state index in [4.69, 9.17) is 16.3 Å². The first-order valence-electron chi connectivity index (χ1n) is 6.10. The van der Waals surface area contributed by atoms with E-state index in [2.05, 4.69) is 0 Å². The van der Waals surface area contributed by atoms with Gasteiger partial charge in [-0.2, -0.15) is 0 Å². The summed E-state index contributed by atoms with van der Waals surface area (Å²) in [6, 6.07) is 6.57. The van der Waals surface area contributed by atoms with Crippen LogP contribution in [0.2, 0.25) is 0 Å². The van der Waals surface area contributed by atoms with E-state index in [9.17, 15) is 13.2 Å². The molecule has 0 saturated heterocycles. The summed E-state index contributed by atoms with van der Waals surface area (Å²) in [5.74, 6) is -2.42. The maximum Gasteiger partial charge on any atom is 0.161 e. The fourth-order valence-electron chi connectivity index (χ4n) is 2.28. The van der Waals surface area contributed by atoms with Crippen LogP contribution < -0.4 is 4.74 Å². The second-order valence-corrected chi connectivity index (χ2v) is 5.05. The van der Waals surface area contributed by atoms with Crippen molar-refractivity contribution in [2.24, 2.45) is 0 Å². The SMILES string of the molecule is Fc1cc(F)c(C(Cl)c2ccc3c(c2)CCO3)cc1F. The largest absolute Gasteiger partial charge is 0.493 e. The van der Waals surface area contributed by atoms with Crippen molar-refractivity contribution in [2.75, 3.05) is 6.61 Å². The molecule has 1 atom stereocenters. The van der Waals surface area contributed by atoms with E-state index < -0.39 is 22.8 Å². The molecular formula is C15H10ClF3O. The lowest BCUT2D eigenvalue weighted by atomic mass is 10.0. The minimum absolute atomic E-state index is 0.0792. The average molecular weight is 299 g/mol. The maximum absolute atomic E-state index is 13.7. The Hall–Kier alpha value is -1.68. The topological polar surface area (TPSA) is 9.23 Å². The molecule has 104 valence electrons. The van der Waals surface area contributed by atoms with Crippen LogP contribution in [0, 0.1) is 17.5 Å². The summed E-state index contributed by atoms with van der Waals surface area (Å²) in [6.07, 6.45) is 0.757. The van der Waals surface area contributed by atoms with Crippen LogP contribution in [0.25, 0.3) is 0 Å². The second kappa shape index (κ2) is 5.02. The first kappa shape index (κ1) is 13.3. The van der Waals surface area contributed by atoms with Gasteiger partial charge in [0.05, 0.1) is 12.0 Å². The summed E-state index contributed by atoms with van der Waals surface area (Å²) < 4.78 is 45.3. The normalized spacial score (nSPS) is 14.8. The van der Waals surface area contributed by atoms with Gasteiger partial charge in [-0.1, -0.05) is 12.1 Å². The molecule has 1 aliphatic rings. The Labute approximate surface area is 118 Å². The van der Waals surface area contributed by atoms with Gasteiger partial charge < -0.3 is 4.74 Å². The number of alkyl halides is 1. The zero-order chi connectivity index (χ0) is 14.3. The molecular weight excluding hydrogens is 289 g/mol. The summed E-state index contributed by atoms with van der Waals surface area (Å²) in [7, 11) is 0. The van der Waals surface area contributed by atoms with Gasteiger partial charge in [0.2, 0.25) is 0 Å². The van der Waals surface area contributed by atoms with Crippen LogP contribution in [-0.4, -0.2) is 6.61 Å². The number of benzene rings is 2. The van der Waals surface area contributed by atoms with Gasteiger partial charge in [0.15, 0.2) is 11.6 Å². The Morgan fingerprint density at radius 2 is 1.75 bits per heavy atom. The van der Waals surface area contributed by atoms with Crippen molar-refractivity contribution in [3.63, 3.8) is 0 Å². The molecule has 0 aromatic heterocycles. The second-order valence-electron chi connectivity index (χ2n) is 4.62. The van der Waals surface area contributed by atoms with E-state index in [1.807, 2.05) is 0 Å². The summed E-state index contributed by atoms with van der Waals surface area (Å²) in [5.41, 5.74) is 1.53. The van der Waals surface area contributed by atoms with Gasteiger partial charge in [-0.15, -0.1) is 11.6 Å². The molecule has 0 fully saturated rings. The Bertz CT molecular complexity index is 672. The molecule has 2 aromatic carbocycles. The molecule has 0 N–H and O–H groups in total. The van der Waals surface area contributed by atoms with Crippen LogP contribution in [0.1, 0.15) is 22.1 Å². The van der Waals surface area contributed by atoms with Crippen molar-refractivity contribution >= 4 is 11.6 Å². The molecule has 3 rings (SSSR count). The van der Waals surface area contributed by atoms with Crippen molar-refractivity contribution in [2.45, 2.75) is 11.8 Å². The van der Waals surface area contributed by atoms with Crippen LogP contribution in [0.15, 0.2) is 30.3 Å². The van der Waals surface area contributed by atoms with Gasteiger partial charge >= 0.3 is 0 Å². The van der Waals surface area contributed by atoms with Crippen molar-refractivity contribution in [3.8, 4) is 5.75 Å². The average Bonchev–Trinajstić information content (AvgIpc) is 2.89. The number of hydrogen-bond donors (Lipinski definition) is 0. The summed E-state index contributed by atoms with van der Waals surface area (Å²) >= 11 is 6.19. The number of fused-ring (bicyclic) bond motifs is 1. The molecule has 0 saturated carbocycles. The first-order valence-corrected chi connectivity index (χ1v) is 6.54. The molecule has 5 heteroatoms. The van der Waals surface area contributed by atoms with Gasteiger partial charge in [-0.05, 0) is 23.3 Å². The third-order valence-electron chi connectivity index (χ3n) is 3.32. The van der Waals surface area contributed by atoms with Gasteiger partial charge in [0, 0.05) is 18.1 Å². The predicted octanol–water partition coefficient (Wildman–Crippen LogP) is 4.37. The molecule has 0 bridgehead atoms. The van der Waals surface area contributed by atoms with E-state index in [1.54, 1.807) is 18.2 Å². The molecule has 1 nitrogen and oxygen atoms in total. The lowest BCUT2D eigenvalue weighted by Gasteiger charge is -2.13. The maximum atomic E-state index is 13.7. The minimum atomic E-state index is -1.22. The van der Waals surface area contributed by atoms with Crippen LogP contribution in [0.3, 0.4) is 0 Å². The number of ether oxygens (including phenoxy) is 1. The fourth-order valence-corrected chi connectivity index (χ4v) is 2.58. The van der Waals surface area contributed by atoms with Crippen molar-refractivity contribution in [1.82, 2.24) is 0 Å². The van der Waals surface area contributed by atoms with Gasteiger partial charge in [-0.3, -0.25) is 0 Å². The summed E-state index contributed by atoms with van der Waals surface area (Å²) in [6.45, 7) is 0.602. The lowest BCUT2D eigenvalue weighted by molar-refractivity contribution is 0.357. The first-order chi connectivity index (χ1) is 9.56. The Kier molecular flexibility index (Phi) is 3.34. The minimum Gasteiger partial charge on any atom is -0.493 e. The molecule has 1 heterocycles. The standard InChI is InChI=1S/C15H10ClF3O/c16-15(10-6-12(18)13(19)7-11(10)17)9-1-2-14-8(5-9)3-4-20-14/h1-2,5-7,15H,3-4H2. The molecule has 0 spiro atoms. The monoisotopic (exact) mass is 298 g/mol. The van der Waals surface area contributed by atoms with Gasteiger partial charge in [-0.25, -0.2) is 13.2 Å². The number of hydrogen-bond acceptors (Lipinski definition) is 1. The molecule has 2 aromatic rings. The van der Waals surface area contributed by atoms with Crippen molar-refractivity contribution in [3.05, 3.63) is 64.5 Å². The number of rotatable bonds is 2. The molecule has 20 heavy (non-hydrogen) atoms. The molecule has 0 aliphatic carbocycles. The van der Waals surface area contributed by atoms with Crippen LogP contribution in [0.4, 0.5) is 13.2 Å². The highest BCUT2D eigenvalue weighted by atomic mass is 35.5. The fraction of sp³-hybridized carbons (Fsp3) is 0.200. The molecule has 1 unspecified atom stereocenters.